The third kappa shape index (κ3) is 5.00. The largest absolute Gasteiger partial charge is 0.495 e. The molecule has 0 bridgehead atoms. The quantitative estimate of drug-likeness (QED) is 0.287. The zero-order chi connectivity index (χ0) is 26.6. The van der Waals surface area contributed by atoms with E-state index >= 15 is 0 Å². The van der Waals surface area contributed by atoms with E-state index in [-0.39, 0.29) is 23.2 Å². The van der Waals surface area contributed by atoms with E-state index in [9.17, 15) is 19.1 Å². The number of halogens is 1. The minimum Gasteiger partial charge on any atom is -0.495 e. The van der Waals surface area contributed by atoms with Crippen LogP contribution in [0.25, 0.3) is 22.2 Å². The summed E-state index contributed by atoms with van der Waals surface area (Å²) < 4.78 is 24.6. The predicted octanol–water partition coefficient (Wildman–Crippen LogP) is 4.84. The molecule has 0 aliphatic rings. The van der Waals surface area contributed by atoms with Crippen LogP contribution in [0.15, 0.2) is 84.0 Å². The number of nitrogens with one attached hydrogen (secondary N) is 1. The highest BCUT2D eigenvalue weighted by atomic mass is 19.1. The summed E-state index contributed by atoms with van der Waals surface area (Å²) in [6, 6.07) is 15.7. The Labute approximate surface area is 216 Å². The van der Waals surface area contributed by atoms with Gasteiger partial charge in [-0.3, -0.25) is 14.6 Å². The van der Waals surface area contributed by atoms with Crippen molar-refractivity contribution in [3.05, 3.63) is 112 Å². The van der Waals surface area contributed by atoms with E-state index in [2.05, 4.69) is 15.0 Å². The Morgan fingerprint density at radius 1 is 1.03 bits per heavy atom. The Kier molecular flexibility index (Phi) is 6.92. The molecule has 5 aromatic rings. The van der Waals surface area contributed by atoms with Gasteiger partial charge in [0.15, 0.2) is 11.5 Å². The van der Waals surface area contributed by atoms with E-state index in [0.29, 0.717) is 39.4 Å². The average Bonchev–Trinajstić information content (AvgIpc) is 2.94. The van der Waals surface area contributed by atoms with Crippen molar-refractivity contribution in [3.8, 4) is 28.4 Å². The Balaban J connectivity index is 1.36. The van der Waals surface area contributed by atoms with Crippen molar-refractivity contribution in [2.24, 2.45) is 0 Å². The molecule has 0 aliphatic carbocycles. The van der Waals surface area contributed by atoms with Gasteiger partial charge in [0.05, 0.1) is 42.3 Å². The molecule has 3 heterocycles. The topological polar surface area (TPSA) is 114 Å². The molecule has 0 fully saturated rings. The van der Waals surface area contributed by atoms with Crippen molar-refractivity contribution in [2.75, 3.05) is 7.11 Å². The fourth-order valence-electron chi connectivity index (χ4n) is 4.09. The summed E-state index contributed by atoms with van der Waals surface area (Å²) in [7, 11) is 1.56. The van der Waals surface area contributed by atoms with Crippen molar-refractivity contribution in [1.29, 1.82) is 0 Å². The summed E-state index contributed by atoms with van der Waals surface area (Å²) in [6.45, 7) is -0.437. The minimum absolute atomic E-state index is 0.0236. The maximum absolute atomic E-state index is 13.4. The molecule has 0 spiro atoms. The number of H-pyrrole nitrogens is 1. The molecule has 0 unspecified atom stereocenters. The van der Waals surface area contributed by atoms with E-state index in [0.717, 1.165) is 0 Å². The van der Waals surface area contributed by atoms with Gasteiger partial charge in [0.1, 0.15) is 22.8 Å². The van der Waals surface area contributed by atoms with E-state index in [1.807, 2.05) is 0 Å². The smallest absolute Gasteiger partial charge is 0.200 e. The van der Waals surface area contributed by atoms with Crippen LogP contribution in [0.1, 0.15) is 21.6 Å². The normalized spacial score (nSPS) is 10.9. The molecule has 2 N–H and O–H groups in total. The molecule has 5 rings (SSSR count). The van der Waals surface area contributed by atoms with Crippen LogP contribution in [0.3, 0.4) is 0 Å². The Hall–Kier alpha value is -4.89. The van der Waals surface area contributed by atoms with Gasteiger partial charge in [-0.25, -0.2) is 9.37 Å². The summed E-state index contributed by atoms with van der Waals surface area (Å²) in [4.78, 5) is 37.7. The highest BCUT2D eigenvalue weighted by Crippen LogP contribution is 2.29. The van der Waals surface area contributed by atoms with Crippen molar-refractivity contribution in [3.63, 3.8) is 0 Å². The Morgan fingerprint density at radius 2 is 1.79 bits per heavy atom. The number of carbonyl (C=O) groups excluding carboxylic acids is 1. The molecule has 190 valence electrons. The number of fused-ring (bicyclic) bond motifs is 1. The third-order valence-electron chi connectivity index (χ3n) is 6.02. The van der Waals surface area contributed by atoms with Crippen LogP contribution in [0.4, 0.5) is 4.39 Å². The van der Waals surface area contributed by atoms with Crippen LogP contribution in [0, 0.1) is 5.82 Å². The van der Waals surface area contributed by atoms with Crippen LogP contribution < -0.4 is 14.9 Å². The maximum atomic E-state index is 13.4. The minimum atomic E-state index is -0.530. The molecule has 0 saturated heterocycles. The molecule has 2 aromatic carbocycles. The lowest BCUT2D eigenvalue weighted by Crippen LogP contribution is -2.21. The monoisotopic (exact) mass is 511 g/mol. The van der Waals surface area contributed by atoms with Gasteiger partial charge >= 0.3 is 0 Å². The summed E-state index contributed by atoms with van der Waals surface area (Å²) in [6.07, 6.45) is 4.48. The van der Waals surface area contributed by atoms with Gasteiger partial charge in [-0.1, -0.05) is 24.3 Å². The van der Waals surface area contributed by atoms with Gasteiger partial charge in [0.2, 0.25) is 5.43 Å². The molecule has 0 radical (unpaired) electrons. The van der Waals surface area contributed by atoms with E-state index in [1.54, 1.807) is 55.9 Å². The third-order valence-corrected chi connectivity index (χ3v) is 6.02. The number of Topliss-reactive ketones (excluding diaryl/α,β-unsaturated/α-hetero) is 1. The van der Waals surface area contributed by atoms with Crippen LogP contribution in [-0.4, -0.2) is 33.0 Å². The van der Waals surface area contributed by atoms with Crippen molar-refractivity contribution in [1.82, 2.24) is 15.0 Å². The van der Waals surface area contributed by atoms with Crippen LogP contribution >= 0.6 is 0 Å². The molecule has 3 aromatic heterocycles. The Bertz CT molecular complexity index is 1680. The van der Waals surface area contributed by atoms with Crippen LogP contribution in [-0.2, 0) is 13.0 Å². The second kappa shape index (κ2) is 10.6. The second-order valence-electron chi connectivity index (χ2n) is 8.45. The molecule has 0 amide bonds. The predicted molar refractivity (Wildman–Crippen MR) is 139 cm³/mol. The molecule has 0 saturated carbocycles. The molecule has 0 aliphatic heterocycles. The second-order valence-corrected chi connectivity index (χ2v) is 8.45. The average molecular weight is 512 g/mol. The number of aliphatic hydroxyl groups excluding tert-OH is 1. The molecular formula is C29H22FN3O5. The van der Waals surface area contributed by atoms with Crippen LogP contribution in [0.5, 0.6) is 17.2 Å². The first-order chi connectivity index (χ1) is 18.5. The van der Waals surface area contributed by atoms with Gasteiger partial charge in [0.25, 0.3) is 0 Å². The van der Waals surface area contributed by atoms with Crippen LogP contribution in [0.2, 0.25) is 0 Å². The highest BCUT2D eigenvalue weighted by Gasteiger charge is 2.18. The van der Waals surface area contributed by atoms with Crippen molar-refractivity contribution >= 4 is 16.8 Å². The molecule has 9 heteroatoms. The number of nitrogens with zero attached hydrogens (tertiary/aromatic N) is 2. The van der Waals surface area contributed by atoms with Gasteiger partial charge in [-0.2, -0.15) is 0 Å². The SMILES string of the molecule is COc1cnc2c(Oc3ccc(CC(=O)c4c[nH]c(CO)c(-c5ccc(F)cc5)c4=O)cc3)ccnc2c1. The lowest BCUT2D eigenvalue weighted by atomic mass is 9.97. The number of hydrogen-bond acceptors (Lipinski definition) is 7. The molecule has 0 atom stereocenters. The van der Waals surface area contributed by atoms with Gasteiger partial charge in [-0.05, 0) is 35.4 Å². The number of rotatable bonds is 8. The van der Waals surface area contributed by atoms with Gasteiger partial charge in [0, 0.05) is 30.9 Å². The van der Waals surface area contributed by atoms with E-state index in [1.165, 1.54) is 30.5 Å². The standard InChI is InChI=1S/C29H22FN3O5/c1-37-21-13-23-28(33-14-21)26(10-11-31-23)38-20-8-2-17(3-9-20)12-25(35)22-15-32-24(16-34)27(29(22)36)18-4-6-19(30)7-5-18/h2-11,13-15,34H,12,16H2,1H3,(H,32,36). The zero-order valence-electron chi connectivity index (χ0n) is 20.3. The van der Waals surface area contributed by atoms with Crippen molar-refractivity contribution < 1.29 is 23.8 Å². The number of ether oxygens (including phenoxy) is 2. The summed E-state index contributed by atoms with van der Waals surface area (Å²) >= 11 is 0. The number of benzene rings is 2. The fourth-order valence-corrected chi connectivity index (χ4v) is 4.09. The van der Waals surface area contributed by atoms with E-state index in [4.69, 9.17) is 9.47 Å². The number of ketones is 1. The zero-order valence-corrected chi connectivity index (χ0v) is 20.3. The fraction of sp³-hybridized carbons (Fsp3) is 0.103. The number of hydrogen-bond donors (Lipinski definition) is 2. The first kappa shape index (κ1) is 24.8. The number of methoxy groups -OCH3 is 1. The first-order valence-corrected chi connectivity index (χ1v) is 11.7. The number of aliphatic hydroxyl groups is 1. The summed E-state index contributed by atoms with van der Waals surface area (Å²) in [5, 5.41) is 9.68. The highest BCUT2D eigenvalue weighted by molar-refractivity contribution is 5.98. The van der Waals surface area contributed by atoms with Gasteiger partial charge in [-0.15, -0.1) is 0 Å². The van der Waals surface area contributed by atoms with Gasteiger partial charge < -0.3 is 19.6 Å². The number of carbonyl (C=O) groups is 1. The lowest BCUT2D eigenvalue weighted by Gasteiger charge is -2.11. The number of aromatic amines is 1. The maximum Gasteiger partial charge on any atom is 0.200 e. The number of aromatic nitrogens is 3. The summed E-state index contributed by atoms with van der Waals surface area (Å²) in [5.41, 5.74) is 2.10. The van der Waals surface area contributed by atoms with Crippen molar-refractivity contribution in [2.45, 2.75) is 13.0 Å². The molecule has 38 heavy (non-hydrogen) atoms. The van der Waals surface area contributed by atoms with E-state index < -0.39 is 23.6 Å². The Morgan fingerprint density at radius 3 is 2.50 bits per heavy atom. The molecular weight excluding hydrogens is 489 g/mol. The summed E-state index contributed by atoms with van der Waals surface area (Å²) in [5.74, 6) is 0.793. The molecule has 8 nitrogen and oxygen atoms in total. The lowest BCUT2D eigenvalue weighted by molar-refractivity contribution is 0.0991. The number of pyridine rings is 3. The first-order valence-electron chi connectivity index (χ1n) is 11.7.